The predicted octanol–water partition coefficient (Wildman–Crippen LogP) is 12.4. The molecule has 0 saturated carbocycles. The van der Waals surface area contributed by atoms with E-state index in [9.17, 15) is 0 Å². The van der Waals surface area contributed by atoms with Gasteiger partial charge in [-0.25, -0.2) is 5.26 Å². The molecular weight excluding hydrogens is 855 g/mol. The maximum atomic E-state index is 8.92. The van der Waals surface area contributed by atoms with E-state index in [0.717, 1.165) is 62.0 Å². The van der Waals surface area contributed by atoms with Gasteiger partial charge in [-0.15, -0.1) is 42.0 Å². The Bertz CT molecular complexity index is 2450. The molecule has 7 rings (SSSR count). The molecule has 7 aromatic rings. The van der Waals surface area contributed by atoms with Crippen LogP contribution in [-0.4, -0.2) is 18.0 Å². The molecular formula is C48H49IrN3OSi-2. The molecule has 0 aliphatic rings. The molecule has 0 amide bonds. The van der Waals surface area contributed by atoms with E-state index < -0.39 is 8.07 Å². The molecule has 0 spiro atoms. The molecule has 0 bridgehead atoms. The molecule has 0 atom stereocenters. The first-order chi connectivity index (χ1) is 25.1. The third-order valence-electron chi connectivity index (χ3n) is 9.62. The summed E-state index contributed by atoms with van der Waals surface area (Å²) in [5, 5.41) is 12.7. The van der Waals surface area contributed by atoms with Crippen molar-refractivity contribution in [2.45, 2.75) is 80.4 Å². The molecule has 54 heavy (non-hydrogen) atoms. The van der Waals surface area contributed by atoms with E-state index in [-0.39, 0.29) is 25.5 Å². The molecule has 0 saturated heterocycles. The zero-order valence-corrected chi connectivity index (χ0v) is 36.5. The van der Waals surface area contributed by atoms with Gasteiger partial charge in [-0.1, -0.05) is 131 Å². The number of hydrogen-bond donors (Lipinski definition) is 0. The van der Waals surface area contributed by atoms with Crippen molar-refractivity contribution in [3.8, 4) is 39.7 Å². The van der Waals surface area contributed by atoms with Gasteiger partial charge < -0.3 is 14.4 Å². The first-order valence-corrected chi connectivity index (χ1v) is 21.9. The van der Waals surface area contributed by atoms with E-state index >= 15 is 0 Å². The van der Waals surface area contributed by atoms with Crippen molar-refractivity contribution in [3.63, 3.8) is 0 Å². The number of pyridine rings is 2. The third-order valence-corrected chi connectivity index (χ3v) is 11.7. The van der Waals surface area contributed by atoms with Crippen LogP contribution in [0.2, 0.25) is 19.6 Å². The van der Waals surface area contributed by atoms with E-state index in [1.807, 2.05) is 36.5 Å². The Balaban J connectivity index is 0.000000212. The molecule has 0 unspecified atom stereocenters. The molecule has 0 N–H and O–H groups in total. The number of fused-ring (bicyclic) bond motifs is 3. The van der Waals surface area contributed by atoms with Gasteiger partial charge in [0.25, 0.3) is 0 Å². The van der Waals surface area contributed by atoms with Crippen LogP contribution >= 0.6 is 0 Å². The first-order valence-electron chi connectivity index (χ1n) is 18.4. The summed E-state index contributed by atoms with van der Waals surface area (Å²) in [6.45, 7) is 22.6. The average Bonchev–Trinajstić information content (AvgIpc) is 3.52. The Morgan fingerprint density at radius 1 is 0.815 bits per heavy atom. The maximum Gasteiger partial charge on any atom is 0.121 e. The summed E-state index contributed by atoms with van der Waals surface area (Å²) < 4.78 is 6.44. The van der Waals surface area contributed by atoms with Gasteiger partial charge in [0, 0.05) is 44.0 Å². The average molecular weight is 904 g/mol. The Labute approximate surface area is 336 Å². The number of aryl methyl sites for hydroxylation is 2. The summed E-state index contributed by atoms with van der Waals surface area (Å²) in [5.74, 6) is 0.434. The summed E-state index contributed by atoms with van der Waals surface area (Å²) in [4.78, 5) is 9.43. The fourth-order valence-corrected chi connectivity index (χ4v) is 8.64. The van der Waals surface area contributed by atoms with Crippen LogP contribution in [0.3, 0.4) is 0 Å². The topological polar surface area (TPSA) is 62.7 Å². The summed E-state index contributed by atoms with van der Waals surface area (Å²) in [6.07, 6.45) is 5.07. The quantitative estimate of drug-likeness (QED) is 0.123. The molecule has 4 nitrogen and oxygen atoms in total. The van der Waals surface area contributed by atoms with Crippen molar-refractivity contribution < 1.29 is 24.5 Å². The van der Waals surface area contributed by atoms with Crippen LogP contribution in [0.1, 0.15) is 68.4 Å². The molecule has 0 aliphatic carbocycles. The smallest absolute Gasteiger partial charge is 0.121 e. The molecule has 1 radical (unpaired) electrons. The van der Waals surface area contributed by atoms with Gasteiger partial charge in [-0.05, 0) is 81.9 Å². The van der Waals surface area contributed by atoms with Gasteiger partial charge in [-0.3, -0.25) is 0 Å². The summed E-state index contributed by atoms with van der Waals surface area (Å²) >= 11 is 0. The molecule has 3 aromatic heterocycles. The second-order valence-electron chi connectivity index (χ2n) is 16.6. The van der Waals surface area contributed by atoms with Crippen molar-refractivity contribution >= 4 is 35.2 Å². The van der Waals surface area contributed by atoms with Crippen LogP contribution in [0.5, 0.6) is 0 Å². The predicted molar refractivity (Wildman–Crippen MR) is 224 cm³/mol. The van der Waals surface area contributed by atoms with E-state index in [1.54, 1.807) is 6.07 Å². The number of aromatic nitrogens is 2. The number of furan rings is 1. The minimum atomic E-state index is -1.43. The minimum absolute atomic E-state index is 0. The zero-order chi connectivity index (χ0) is 38.1. The van der Waals surface area contributed by atoms with E-state index in [2.05, 4.69) is 146 Å². The second kappa shape index (κ2) is 16.4. The molecule has 0 aliphatic heterocycles. The normalized spacial score (nSPS) is 11.6. The number of nitrogens with zero attached hydrogens (tertiary/aromatic N) is 3. The van der Waals surface area contributed by atoms with Crippen LogP contribution in [0.25, 0.3) is 55.6 Å². The van der Waals surface area contributed by atoms with Crippen molar-refractivity contribution in [1.29, 1.82) is 5.26 Å². The second-order valence-corrected chi connectivity index (χ2v) is 21.6. The number of nitriles is 1. The Hall–Kier alpha value is -4.66. The number of benzene rings is 4. The van der Waals surface area contributed by atoms with E-state index in [4.69, 9.17) is 14.7 Å². The molecule has 277 valence electrons. The van der Waals surface area contributed by atoms with Gasteiger partial charge in [0.1, 0.15) is 5.58 Å². The van der Waals surface area contributed by atoms with Crippen LogP contribution in [0, 0.1) is 42.7 Å². The minimum Gasteiger partial charge on any atom is -0.501 e. The monoisotopic (exact) mass is 904 g/mol. The van der Waals surface area contributed by atoms with Crippen molar-refractivity contribution in [1.82, 2.24) is 9.97 Å². The van der Waals surface area contributed by atoms with Gasteiger partial charge in [0.05, 0.1) is 13.7 Å². The van der Waals surface area contributed by atoms with Crippen molar-refractivity contribution in [2.24, 2.45) is 5.41 Å². The number of rotatable bonds is 6. The summed E-state index contributed by atoms with van der Waals surface area (Å²) in [6, 6.07) is 37.5. The summed E-state index contributed by atoms with van der Waals surface area (Å²) in [7, 11) is -1.43. The van der Waals surface area contributed by atoms with Crippen LogP contribution in [0.15, 0.2) is 102 Å². The molecule has 0 fully saturated rings. The standard InChI is InChI=1S/C28H24NO.C20H25N2Si.Ir/c1-17(2)23-15-24(29-16-19(23)4)22-14-13-21(20-10-6-5-7-11-20)27-26-18(3)9-8-12-25(26)30-28(22)27;1-20(2,3)12-17-11-18(22-14-19(17)23(4,5)6)16-9-7-15(13-21)8-10-16;/h5-13,15-17H,1-4H3;7-9,11,14H,12H2,1-6H3;/q2*-1;. The van der Waals surface area contributed by atoms with Crippen LogP contribution < -0.4 is 5.19 Å². The third kappa shape index (κ3) is 8.82. The van der Waals surface area contributed by atoms with Gasteiger partial charge >= 0.3 is 0 Å². The largest absolute Gasteiger partial charge is 0.501 e. The zero-order valence-electron chi connectivity index (χ0n) is 33.1. The Morgan fingerprint density at radius 3 is 2.17 bits per heavy atom. The maximum absolute atomic E-state index is 8.92. The molecule has 3 heterocycles. The van der Waals surface area contributed by atoms with E-state index in [0.29, 0.717) is 11.5 Å². The van der Waals surface area contributed by atoms with Gasteiger partial charge in [0.15, 0.2) is 0 Å². The molecule has 6 heteroatoms. The Morgan fingerprint density at radius 2 is 1.54 bits per heavy atom. The fraction of sp³-hybridized carbons (Fsp3) is 0.271. The summed E-state index contributed by atoms with van der Waals surface area (Å²) in [5.41, 5.74) is 13.8. The number of hydrogen-bond acceptors (Lipinski definition) is 4. The van der Waals surface area contributed by atoms with Gasteiger partial charge in [-0.2, -0.15) is 0 Å². The molecule has 4 aromatic carbocycles. The fourth-order valence-electron chi connectivity index (χ4n) is 7.06. The Kier molecular flexibility index (Phi) is 12.3. The first kappa shape index (κ1) is 40.5. The van der Waals surface area contributed by atoms with Crippen molar-refractivity contribution in [3.05, 3.63) is 137 Å². The van der Waals surface area contributed by atoms with Gasteiger partial charge in [0.2, 0.25) is 0 Å². The SMILES string of the molecule is CC(C)(C)Cc1cc(-c2[c-]cc(C#N)cc2)ncc1[Si](C)(C)C.Cc1cnc(-c2[c-]cc(-c3ccccc3)c3c2oc2cccc(C)c23)cc1C(C)C.[Ir]. The van der Waals surface area contributed by atoms with E-state index in [1.165, 1.54) is 27.4 Å². The van der Waals surface area contributed by atoms with Crippen LogP contribution in [-0.2, 0) is 26.5 Å². The van der Waals surface area contributed by atoms with Crippen molar-refractivity contribution in [2.75, 3.05) is 0 Å². The van der Waals surface area contributed by atoms with Crippen LogP contribution in [0.4, 0.5) is 0 Å².